The van der Waals surface area contributed by atoms with Crippen molar-refractivity contribution in [3.63, 3.8) is 0 Å². The normalized spacial score (nSPS) is 31.8. The summed E-state index contributed by atoms with van der Waals surface area (Å²) in [5, 5.41) is 10.6. The molecule has 5 heteroatoms. The molecule has 0 aromatic heterocycles. The third-order valence-corrected chi connectivity index (χ3v) is 8.67. The first-order valence-corrected chi connectivity index (χ1v) is 11.9. The lowest BCUT2D eigenvalue weighted by molar-refractivity contribution is -0.157. The fraction of sp³-hybridized carbons (Fsp3) is 0.692. The molecule has 31 heavy (non-hydrogen) atoms. The van der Waals surface area contributed by atoms with Crippen molar-refractivity contribution in [2.75, 3.05) is 6.54 Å². The minimum atomic E-state index is -0.116. The molecule has 170 valence electrons. The number of ether oxygens (including phenoxy) is 1. The Balaban J connectivity index is 1.51. The van der Waals surface area contributed by atoms with Crippen molar-refractivity contribution in [3.05, 3.63) is 29.3 Å². The van der Waals surface area contributed by atoms with E-state index in [-0.39, 0.29) is 46.7 Å². The van der Waals surface area contributed by atoms with E-state index in [1.165, 1.54) is 5.56 Å². The van der Waals surface area contributed by atoms with Gasteiger partial charge in [0.05, 0.1) is 12.0 Å². The van der Waals surface area contributed by atoms with Crippen molar-refractivity contribution in [2.45, 2.75) is 90.7 Å². The summed E-state index contributed by atoms with van der Waals surface area (Å²) in [5.74, 6) is 0.368. The number of carbonyl (C=O) groups excluding carboxylic acids is 2. The van der Waals surface area contributed by atoms with Gasteiger partial charge in [-0.15, -0.1) is 0 Å². The van der Waals surface area contributed by atoms with Gasteiger partial charge in [0.15, 0.2) is 0 Å². The van der Waals surface area contributed by atoms with E-state index in [9.17, 15) is 14.7 Å². The minimum Gasteiger partial charge on any atom is -0.508 e. The van der Waals surface area contributed by atoms with Crippen LogP contribution in [0.3, 0.4) is 0 Å². The molecule has 2 bridgehead atoms. The van der Waals surface area contributed by atoms with Crippen molar-refractivity contribution >= 4 is 11.9 Å². The highest BCUT2D eigenvalue weighted by molar-refractivity contribution is 5.80. The highest BCUT2D eigenvalue weighted by atomic mass is 16.5. The second kappa shape index (κ2) is 7.83. The lowest BCUT2D eigenvalue weighted by atomic mass is 9.51. The summed E-state index contributed by atoms with van der Waals surface area (Å²) < 4.78 is 5.38. The molecule has 4 rings (SSSR count). The molecule has 1 aliphatic heterocycles. The van der Waals surface area contributed by atoms with Gasteiger partial charge in [0.1, 0.15) is 5.75 Å². The highest BCUT2D eigenvalue weighted by Crippen LogP contribution is 2.57. The van der Waals surface area contributed by atoms with Gasteiger partial charge in [0.25, 0.3) is 0 Å². The molecule has 5 nitrogen and oxygen atoms in total. The Morgan fingerprint density at radius 1 is 1.10 bits per heavy atom. The first kappa shape index (κ1) is 22.2. The van der Waals surface area contributed by atoms with Crippen molar-refractivity contribution in [3.8, 4) is 5.75 Å². The van der Waals surface area contributed by atoms with Crippen molar-refractivity contribution < 1.29 is 19.4 Å². The zero-order valence-corrected chi connectivity index (χ0v) is 19.6. The van der Waals surface area contributed by atoms with Crippen molar-refractivity contribution in [1.82, 2.24) is 4.90 Å². The predicted molar refractivity (Wildman–Crippen MR) is 120 cm³/mol. The number of aromatic hydroxyl groups is 1. The molecule has 0 spiro atoms. The topological polar surface area (TPSA) is 66.8 Å². The van der Waals surface area contributed by atoms with Gasteiger partial charge in [-0.2, -0.15) is 0 Å². The average Bonchev–Trinajstić information content (AvgIpc) is 2.70. The van der Waals surface area contributed by atoms with E-state index in [2.05, 4.69) is 31.7 Å². The number of carbonyl (C=O) groups is 2. The number of phenolic OH excluding ortho intramolecular Hbond substituents is 1. The van der Waals surface area contributed by atoms with E-state index in [1.54, 1.807) is 6.07 Å². The minimum absolute atomic E-state index is 0.0194. The molecule has 3 aliphatic rings. The van der Waals surface area contributed by atoms with Crippen LogP contribution in [-0.2, 0) is 26.2 Å². The standard InChI is InChI=1S/C26H37NO4/c1-16(2)31-24(30)18-11-9-17(10-12-18)23(29)27-14-13-26(5)20-7-6-8-21(28)19(20)15-22(27)25(26,3)4/h6-8,16-18,22,28H,9-15H2,1-5H3/t17?,18?,22?,26-/m0/s1. The summed E-state index contributed by atoms with van der Waals surface area (Å²) in [6.07, 6.45) is 4.46. The molecule has 2 fully saturated rings. The summed E-state index contributed by atoms with van der Waals surface area (Å²) in [5.41, 5.74) is 2.09. The third kappa shape index (κ3) is 3.54. The molecule has 1 heterocycles. The van der Waals surface area contributed by atoms with Crippen LogP contribution in [0.5, 0.6) is 5.75 Å². The monoisotopic (exact) mass is 427 g/mol. The second-order valence-corrected chi connectivity index (χ2v) is 10.9. The van der Waals surface area contributed by atoms with Gasteiger partial charge in [0.2, 0.25) is 5.91 Å². The molecule has 0 radical (unpaired) electrons. The van der Waals surface area contributed by atoms with Crippen molar-refractivity contribution in [1.29, 1.82) is 0 Å². The Bertz CT molecular complexity index is 868. The van der Waals surface area contributed by atoms with E-state index in [4.69, 9.17) is 4.74 Å². The molecule has 1 unspecified atom stereocenters. The molecule has 1 amide bonds. The van der Waals surface area contributed by atoms with Crippen LogP contribution in [-0.4, -0.2) is 40.6 Å². The Kier molecular flexibility index (Phi) is 5.60. The van der Waals surface area contributed by atoms with Crippen LogP contribution < -0.4 is 0 Å². The van der Waals surface area contributed by atoms with Crippen molar-refractivity contribution in [2.24, 2.45) is 17.3 Å². The van der Waals surface area contributed by atoms with E-state index in [1.807, 2.05) is 19.9 Å². The number of hydrogen-bond acceptors (Lipinski definition) is 4. The Morgan fingerprint density at radius 2 is 1.74 bits per heavy atom. The first-order valence-electron chi connectivity index (χ1n) is 11.9. The van der Waals surface area contributed by atoms with Gasteiger partial charge >= 0.3 is 5.97 Å². The lowest BCUT2D eigenvalue weighted by Crippen LogP contribution is -2.65. The van der Waals surface area contributed by atoms with E-state index in [0.29, 0.717) is 12.2 Å². The molecule has 2 atom stereocenters. The molecular weight excluding hydrogens is 390 g/mol. The van der Waals surface area contributed by atoms with Gasteiger partial charge in [-0.1, -0.05) is 32.9 Å². The molecular formula is C26H37NO4. The number of piperidine rings is 1. The maximum absolute atomic E-state index is 13.6. The third-order valence-electron chi connectivity index (χ3n) is 8.67. The van der Waals surface area contributed by atoms with Crippen LogP contribution in [0.25, 0.3) is 0 Å². The van der Waals surface area contributed by atoms with Gasteiger partial charge in [-0.25, -0.2) is 0 Å². The molecule has 1 saturated heterocycles. The predicted octanol–water partition coefficient (Wildman–Crippen LogP) is 4.59. The van der Waals surface area contributed by atoms with E-state index >= 15 is 0 Å². The van der Waals surface area contributed by atoms with Crippen LogP contribution in [0, 0.1) is 17.3 Å². The maximum atomic E-state index is 13.6. The zero-order valence-electron chi connectivity index (χ0n) is 19.6. The number of nitrogens with zero attached hydrogens (tertiary/aromatic N) is 1. The van der Waals surface area contributed by atoms with Gasteiger partial charge in [-0.05, 0) is 75.0 Å². The van der Waals surface area contributed by atoms with Gasteiger partial charge in [-0.3, -0.25) is 9.59 Å². The number of esters is 1. The average molecular weight is 428 g/mol. The fourth-order valence-electron chi connectivity index (χ4n) is 6.33. The number of rotatable bonds is 3. The SMILES string of the molecule is CC(C)OC(=O)C1CCC(C(=O)N2CC[C@@]3(C)c4cccc(O)c4CC2C3(C)C)CC1. The molecule has 1 N–H and O–H groups in total. The van der Waals surface area contributed by atoms with E-state index < -0.39 is 0 Å². The molecule has 2 aliphatic carbocycles. The van der Waals surface area contributed by atoms with Crippen LogP contribution >= 0.6 is 0 Å². The largest absolute Gasteiger partial charge is 0.508 e. The lowest BCUT2D eigenvalue weighted by Gasteiger charge is -2.61. The molecule has 1 saturated carbocycles. The number of fused-ring (bicyclic) bond motifs is 4. The quantitative estimate of drug-likeness (QED) is 0.717. The highest BCUT2D eigenvalue weighted by Gasteiger charge is 2.57. The van der Waals surface area contributed by atoms with Crippen LogP contribution in [0.15, 0.2) is 18.2 Å². The second-order valence-electron chi connectivity index (χ2n) is 10.9. The Hall–Kier alpha value is -2.04. The number of hydrogen-bond donors (Lipinski definition) is 1. The zero-order chi connectivity index (χ0) is 22.6. The maximum Gasteiger partial charge on any atom is 0.309 e. The fourth-order valence-corrected chi connectivity index (χ4v) is 6.33. The van der Waals surface area contributed by atoms with Gasteiger partial charge < -0.3 is 14.7 Å². The Labute approximate surface area is 186 Å². The van der Waals surface area contributed by atoms with Crippen LogP contribution in [0.1, 0.15) is 77.8 Å². The summed E-state index contributed by atoms with van der Waals surface area (Å²) in [6.45, 7) is 11.4. The summed E-state index contributed by atoms with van der Waals surface area (Å²) in [6, 6.07) is 5.93. The Morgan fingerprint density at radius 3 is 2.39 bits per heavy atom. The molecule has 1 aromatic carbocycles. The summed E-state index contributed by atoms with van der Waals surface area (Å²) in [4.78, 5) is 28.0. The first-order chi connectivity index (χ1) is 14.6. The van der Waals surface area contributed by atoms with Gasteiger partial charge in [0, 0.05) is 23.9 Å². The number of benzene rings is 1. The van der Waals surface area contributed by atoms with Crippen LogP contribution in [0.4, 0.5) is 0 Å². The summed E-state index contributed by atoms with van der Waals surface area (Å²) in [7, 11) is 0. The van der Waals surface area contributed by atoms with E-state index in [0.717, 1.165) is 44.2 Å². The smallest absolute Gasteiger partial charge is 0.309 e. The number of amides is 1. The molecule has 1 aromatic rings. The number of phenols is 1. The number of likely N-dealkylation sites (tertiary alicyclic amines) is 1. The van der Waals surface area contributed by atoms with Crippen LogP contribution in [0.2, 0.25) is 0 Å². The summed E-state index contributed by atoms with van der Waals surface area (Å²) >= 11 is 0.